The smallest absolute Gasteiger partial charge is 0.243 e. The average molecular weight is 547 g/mol. The largest absolute Gasteiger partial charge is 0.339 e. The molecule has 4 rings (SSSR count). The van der Waals surface area contributed by atoms with Crippen LogP contribution in [0.1, 0.15) is 16.7 Å². The lowest BCUT2D eigenvalue weighted by Gasteiger charge is -2.35. The molecule has 1 fully saturated rings. The molecule has 6 nitrogen and oxygen atoms in total. The summed E-state index contributed by atoms with van der Waals surface area (Å²) < 4.78 is 28.4. The van der Waals surface area contributed by atoms with Crippen molar-refractivity contribution in [3.8, 4) is 0 Å². The number of piperazine rings is 1. The SMILES string of the molecule is Cc1ccc(S(=O)(=O)N(CC(=O)N2CCN(Cc3ccccc3)CC2)Cc2c(Cl)cccc2Cl)cc1. The van der Waals surface area contributed by atoms with E-state index in [2.05, 4.69) is 17.0 Å². The third-order valence-corrected chi connectivity index (χ3v) is 8.85. The van der Waals surface area contributed by atoms with Crippen LogP contribution in [0.2, 0.25) is 10.0 Å². The van der Waals surface area contributed by atoms with Crippen LogP contribution in [0.5, 0.6) is 0 Å². The first-order valence-corrected chi connectivity index (χ1v) is 14.0. The highest BCUT2D eigenvalue weighted by atomic mass is 35.5. The molecule has 0 spiro atoms. The average Bonchev–Trinajstić information content (AvgIpc) is 2.87. The number of hydrogen-bond donors (Lipinski definition) is 0. The van der Waals surface area contributed by atoms with Crippen molar-refractivity contribution in [3.63, 3.8) is 0 Å². The molecule has 3 aromatic carbocycles. The topological polar surface area (TPSA) is 60.9 Å². The van der Waals surface area contributed by atoms with Gasteiger partial charge in [-0.05, 0) is 36.8 Å². The molecular formula is C27H29Cl2N3O3S. The summed E-state index contributed by atoms with van der Waals surface area (Å²) in [6, 6.07) is 21.8. The van der Waals surface area contributed by atoms with E-state index in [0.29, 0.717) is 28.7 Å². The molecule has 1 amide bonds. The van der Waals surface area contributed by atoms with Gasteiger partial charge in [-0.15, -0.1) is 0 Å². The first kappa shape index (κ1) is 26.6. The van der Waals surface area contributed by atoms with Crippen LogP contribution in [-0.4, -0.2) is 61.2 Å². The van der Waals surface area contributed by atoms with Crippen molar-refractivity contribution in [1.29, 1.82) is 0 Å². The zero-order valence-corrected chi connectivity index (χ0v) is 22.4. The molecular weight excluding hydrogens is 517 g/mol. The minimum absolute atomic E-state index is 0.103. The van der Waals surface area contributed by atoms with E-state index in [1.54, 1.807) is 47.4 Å². The fourth-order valence-electron chi connectivity index (χ4n) is 4.19. The molecule has 36 heavy (non-hydrogen) atoms. The summed E-state index contributed by atoms with van der Waals surface area (Å²) in [4.78, 5) is 17.4. The molecule has 0 radical (unpaired) electrons. The van der Waals surface area contributed by atoms with Crippen molar-refractivity contribution in [2.75, 3.05) is 32.7 Å². The van der Waals surface area contributed by atoms with Gasteiger partial charge in [0.05, 0.1) is 11.4 Å². The number of amides is 1. The number of rotatable bonds is 8. The lowest BCUT2D eigenvalue weighted by molar-refractivity contribution is -0.133. The number of benzene rings is 3. The number of carbonyl (C=O) groups excluding carboxylic acids is 1. The second kappa shape index (κ2) is 11.8. The zero-order valence-electron chi connectivity index (χ0n) is 20.1. The van der Waals surface area contributed by atoms with Gasteiger partial charge in [0.1, 0.15) is 0 Å². The van der Waals surface area contributed by atoms with Gasteiger partial charge in [-0.3, -0.25) is 9.69 Å². The highest BCUT2D eigenvalue weighted by Gasteiger charge is 2.31. The monoisotopic (exact) mass is 545 g/mol. The number of hydrogen-bond acceptors (Lipinski definition) is 4. The van der Waals surface area contributed by atoms with Crippen molar-refractivity contribution in [2.45, 2.75) is 24.9 Å². The summed E-state index contributed by atoms with van der Waals surface area (Å²) in [7, 11) is -3.98. The molecule has 1 aliphatic rings. The lowest BCUT2D eigenvalue weighted by atomic mass is 10.2. The Balaban J connectivity index is 1.50. The molecule has 1 heterocycles. The van der Waals surface area contributed by atoms with Gasteiger partial charge in [0.15, 0.2) is 0 Å². The summed E-state index contributed by atoms with van der Waals surface area (Å²) >= 11 is 12.7. The van der Waals surface area contributed by atoms with Crippen LogP contribution in [0.15, 0.2) is 77.7 Å². The minimum Gasteiger partial charge on any atom is -0.339 e. The number of aryl methyl sites for hydroxylation is 1. The van der Waals surface area contributed by atoms with Gasteiger partial charge in [0.2, 0.25) is 15.9 Å². The lowest BCUT2D eigenvalue weighted by Crippen LogP contribution is -2.51. The van der Waals surface area contributed by atoms with Gasteiger partial charge in [-0.2, -0.15) is 4.31 Å². The van der Waals surface area contributed by atoms with Crippen LogP contribution in [0.4, 0.5) is 0 Å². The summed E-state index contributed by atoms with van der Waals surface area (Å²) in [6.07, 6.45) is 0. The third kappa shape index (κ3) is 6.47. The molecule has 190 valence electrons. The first-order valence-electron chi connectivity index (χ1n) is 11.8. The van der Waals surface area contributed by atoms with Gasteiger partial charge >= 0.3 is 0 Å². The van der Waals surface area contributed by atoms with Crippen LogP contribution in [0, 0.1) is 6.92 Å². The van der Waals surface area contributed by atoms with Gasteiger partial charge in [0, 0.05) is 54.9 Å². The van der Waals surface area contributed by atoms with E-state index in [-0.39, 0.29) is 23.9 Å². The third-order valence-electron chi connectivity index (χ3n) is 6.34. The normalized spacial score (nSPS) is 14.8. The zero-order chi connectivity index (χ0) is 25.7. The predicted octanol–water partition coefficient (Wildman–Crippen LogP) is 4.84. The van der Waals surface area contributed by atoms with Crippen LogP contribution in [0.3, 0.4) is 0 Å². The Morgan fingerprint density at radius 3 is 2.08 bits per heavy atom. The maximum atomic E-state index is 13.6. The van der Waals surface area contributed by atoms with E-state index < -0.39 is 10.0 Å². The van der Waals surface area contributed by atoms with Gasteiger partial charge < -0.3 is 4.90 Å². The maximum absolute atomic E-state index is 13.6. The minimum atomic E-state index is -3.98. The second-order valence-corrected chi connectivity index (χ2v) is 11.7. The van der Waals surface area contributed by atoms with E-state index in [9.17, 15) is 13.2 Å². The van der Waals surface area contributed by atoms with E-state index in [0.717, 1.165) is 25.2 Å². The highest BCUT2D eigenvalue weighted by Crippen LogP contribution is 2.28. The second-order valence-electron chi connectivity index (χ2n) is 8.93. The summed E-state index contributed by atoms with van der Waals surface area (Å²) in [5.74, 6) is -0.242. The van der Waals surface area contributed by atoms with Crippen molar-refractivity contribution in [2.24, 2.45) is 0 Å². The molecule has 1 aliphatic heterocycles. The highest BCUT2D eigenvalue weighted by molar-refractivity contribution is 7.89. The van der Waals surface area contributed by atoms with E-state index in [1.807, 2.05) is 25.1 Å². The molecule has 0 atom stereocenters. The molecule has 0 saturated carbocycles. The molecule has 0 N–H and O–H groups in total. The van der Waals surface area contributed by atoms with E-state index >= 15 is 0 Å². The van der Waals surface area contributed by atoms with Gasteiger partial charge in [0.25, 0.3) is 0 Å². The van der Waals surface area contributed by atoms with Crippen LogP contribution in [-0.2, 0) is 27.9 Å². The number of halogens is 2. The molecule has 1 saturated heterocycles. The van der Waals surface area contributed by atoms with Gasteiger partial charge in [-0.1, -0.05) is 77.3 Å². The molecule has 0 unspecified atom stereocenters. The molecule has 0 bridgehead atoms. The van der Waals surface area contributed by atoms with E-state index in [4.69, 9.17) is 23.2 Å². The Morgan fingerprint density at radius 2 is 1.47 bits per heavy atom. The van der Waals surface area contributed by atoms with Gasteiger partial charge in [-0.25, -0.2) is 8.42 Å². The molecule has 0 aromatic heterocycles. The van der Waals surface area contributed by atoms with Crippen LogP contribution >= 0.6 is 23.2 Å². The van der Waals surface area contributed by atoms with E-state index in [1.165, 1.54) is 9.87 Å². The molecule has 0 aliphatic carbocycles. The Bertz CT molecular complexity index is 1270. The van der Waals surface area contributed by atoms with Crippen molar-refractivity contribution < 1.29 is 13.2 Å². The number of sulfonamides is 1. The van der Waals surface area contributed by atoms with Crippen molar-refractivity contribution in [1.82, 2.24) is 14.1 Å². The molecule has 3 aromatic rings. The summed E-state index contributed by atoms with van der Waals surface area (Å²) in [5, 5.41) is 0.710. The van der Waals surface area contributed by atoms with Crippen LogP contribution in [0.25, 0.3) is 0 Å². The Morgan fingerprint density at radius 1 is 0.861 bits per heavy atom. The first-order chi connectivity index (χ1) is 17.2. The summed E-state index contributed by atoms with van der Waals surface area (Å²) in [6.45, 7) is 4.84. The summed E-state index contributed by atoms with van der Waals surface area (Å²) in [5.41, 5.74) is 2.64. The van der Waals surface area contributed by atoms with Crippen molar-refractivity contribution >= 4 is 39.1 Å². The Kier molecular flexibility index (Phi) is 8.70. The van der Waals surface area contributed by atoms with Crippen molar-refractivity contribution in [3.05, 3.63) is 99.5 Å². The number of nitrogens with zero attached hydrogens (tertiary/aromatic N) is 3. The fraction of sp³-hybridized carbons (Fsp3) is 0.296. The Hall–Kier alpha value is -2.42. The standard InChI is InChI=1S/C27H29Cl2N3O3S/c1-21-10-12-23(13-11-21)36(34,35)32(19-24-25(28)8-5-9-26(24)29)20-27(33)31-16-14-30(15-17-31)18-22-6-3-2-4-7-22/h2-13H,14-20H2,1H3. The fourth-order valence-corrected chi connectivity index (χ4v) is 6.07. The quantitative estimate of drug-likeness (QED) is 0.406. The molecule has 9 heteroatoms. The van der Waals surface area contributed by atoms with Crippen LogP contribution < -0.4 is 0 Å². The maximum Gasteiger partial charge on any atom is 0.243 e. The predicted molar refractivity (Wildman–Crippen MR) is 144 cm³/mol. The Labute approximate surface area is 223 Å². The number of carbonyl (C=O) groups is 1.